The maximum absolute atomic E-state index is 7.26. The number of guanidine groups is 1. The van der Waals surface area contributed by atoms with Crippen molar-refractivity contribution in [2.45, 2.75) is 37.8 Å². The third-order valence-corrected chi connectivity index (χ3v) is 7.70. The minimum atomic E-state index is -0.940. The molecule has 0 radical (unpaired) electrons. The summed E-state index contributed by atoms with van der Waals surface area (Å²) in [4.78, 5) is 12.0. The van der Waals surface area contributed by atoms with Gasteiger partial charge in [-0.2, -0.15) is 5.10 Å². The van der Waals surface area contributed by atoms with Gasteiger partial charge in [-0.25, -0.2) is 9.98 Å². The number of nitrogens with one attached hydrogen (secondary N) is 3. The minimum absolute atomic E-state index is 0.199. The molecule has 5 N–H and O–H groups in total. The van der Waals surface area contributed by atoms with Crippen molar-refractivity contribution in [2.24, 2.45) is 23.7 Å². The van der Waals surface area contributed by atoms with E-state index in [0.717, 1.165) is 86.1 Å². The molecule has 2 aromatic heterocycles. The number of nitrogens with two attached hydrogens (primary N) is 1. The van der Waals surface area contributed by atoms with Crippen LogP contribution in [0.1, 0.15) is 37.7 Å². The van der Waals surface area contributed by atoms with Gasteiger partial charge in [0.1, 0.15) is 17.1 Å². The lowest BCUT2D eigenvalue weighted by Gasteiger charge is -2.39. The van der Waals surface area contributed by atoms with E-state index >= 15 is 0 Å². The number of aryl methyl sites for hydroxylation is 1. The zero-order valence-electron chi connectivity index (χ0n) is 21.5. The average molecular weight is 506 g/mol. The largest absolute Gasteiger partial charge is 0.494 e. The number of imidazole rings is 1. The molecular formula is C26H35N9O2. The van der Waals surface area contributed by atoms with Crippen LogP contribution in [0.2, 0.25) is 0 Å². The van der Waals surface area contributed by atoms with Crippen LogP contribution in [0.5, 0.6) is 5.75 Å². The zero-order chi connectivity index (χ0) is 25.4. The normalized spacial score (nSPS) is 22.2. The highest BCUT2D eigenvalue weighted by Gasteiger charge is 2.45. The van der Waals surface area contributed by atoms with E-state index in [1.807, 2.05) is 29.9 Å². The molecule has 196 valence electrons. The first-order valence-electron chi connectivity index (χ1n) is 13.1. The van der Waals surface area contributed by atoms with E-state index < -0.39 is 5.66 Å². The van der Waals surface area contributed by atoms with Gasteiger partial charge in [0.05, 0.1) is 43.6 Å². The Morgan fingerprint density at radius 3 is 2.73 bits per heavy atom. The van der Waals surface area contributed by atoms with Gasteiger partial charge in [0.2, 0.25) is 5.96 Å². The molecule has 1 saturated heterocycles. The summed E-state index contributed by atoms with van der Waals surface area (Å²) < 4.78 is 13.2. The van der Waals surface area contributed by atoms with E-state index in [4.69, 9.17) is 20.2 Å². The second kappa shape index (κ2) is 9.71. The molecular weight excluding hydrogens is 470 g/mol. The smallest absolute Gasteiger partial charge is 0.203 e. The van der Waals surface area contributed by atoms with Gasteiger partial charge >= 0.3 is 0 Å². The zero-order valence-corrected chi connectivity index (χ0v) is 21.5. The lowest BCUT2D eigenvalue weighted by molar-refractivity contribution is 0.122. The fraction of sp³-hybridized carbons (Fsp3) is 0.500. The predicted octanol–water partition coefficient (Wildman–Crippen LogP) is 3.24. The van der Waals surface area contributed by atoms with Crippen molar-refractivity contribution in [1.82, 2.24) is 19.7 Å². The molecule has 0 amide bonds. The molecule has 2 fully saturated rings. The summed E-state index contributed by atoms with van der Waals surface area (Å²) in [6.07, 6.45) is 9.33. The number of benzene rings is 1. The van der Waals surface area contributed by atoms with Crippen LogP contribution in [0.15, 0.2) is 35.7 Å². The quantitative estimate of drug-likeness (QED) is 0.416. The number of H-pyrrole nitrogens is 1. The number of aliphatic imine (C=N–C) groups is 1. The number of hydrogen-bond acceptors (Lipinski definition) is 9. The van der Waals surface area contributed by atoms with Crippen molar-refractivity contribution < 1.29 is 9.47 Å². The van der Waals surface area contributed by atoms with Crippen molar-refractivity contribution in [2.75, 3.05) is 48.9 Å². The Morgan fingerprint density at radius 2 is 2.00 bits per heavy atom. The Kier molecular flexibility index (Phi) is 6.25. The van der Waals surface area contributed by atoms with E-state index in [9.17, 15) is 0 Å². The van der Waals surface area contributed by atoms with Crippen LogP contribution in [0.4, 0.5) is 17.2 Å². The van der Waals surface area contributed by atoms with Gasteiger partial charge < -0.3 is 35.3 Å². The highest BCUT2D eigenvalue weighted by molar-refractivity contribution is 6.06. The summed E-state index contributed by atoms with van der Waals surface area (Å²) in [5.74, 6) is 2.16. The first-order valence-corrected chi connectivity index (χ1v) is 13.1. The van der Waals surface area contributed by atoms with Crippen molar-refractivity contribution in [3.05, 3.63) is 36.3 Å². The SMILES string of the molecule is COc1cc(N2CCOCC2)ccc1NC1=NC(N)(C2CCCCC2)c2c(n[nH]c2-c2cn(C)cn2)N1. The van der Waals surface area contributed by atoms with Gasteiger partial charge in [-0.1, -0.05) is 19.3 Å². The monoisotopic (exact) mass is 505 g/mol. The Bertz CT molecular complexity index is 1290. The molecule has 1 saturated carbocycles. The number of aromatic nitrogens is 4. The first kappa shape index (κ1) is 23.8. The van der Waals surface area contributed by atoms with E-state index in [2.05, 4.69) is 36.8 Å². The van der Waals surface area contributed by atoms with Gasteiger partial charge in [-0.3, -0.25) is 5.10 Å². The van der Waals surface area contributed by atoms with E-state index in [1.165, 1.54) is 6.42 Å². The molecule has 0 bridgehead atoms. The second-order valence-corrected chi connectivity index (χ2v) is 10.1. The minimum Gasteiger partial charge on any atom is -0.494 e. The second-order valence-electron chi connectivity index (χ2n) is 10.1. The molecule has 11 nitrogen and oxygen atoms in total. The number of fused-ring (bicyclic) bond motifs is 1. The Balaban J connectivity index is 1.35. The van der Waals surface area contributed by atoms with Crippen LogP contribution in [-0.4, -0.2) is 59.1 Å². The van der Waals surface area contributed by atoms with Gasteiger partial charge in [0.15, 0.2) is 5.82 Å². The molecule has 2 aliphatic heterocycles. The maximum atomic E-state index is 7.26. The Hall–Kier alpha value is -3.57. The van der Waals surface area contributed by atoms with Crippen molar-refractivity contribution >= 4 is 23.2 Å². The molecule has 0 spiro atoms. The number of hydrogen-bond donors (Lipinski definition) is 4. The van der Waals surface area contributed by atoms with Crippen LogP contribution in [0.3, 0.4) is 0 Å². The number of aromatic amines is 1. The van der Waals surface area contributed by atoms with Crippen LogP contribution < -0.4 is 26.0 Å². The van der Waals surface area contributed by atoms with E-state index in [-0.39, 0.29) is 5.92 Å². The van der Waals surface area contributed by atoms with Crippen LogP contribution >= 0.6 is 0 Å². The van der Waals surface area contributed by atoms with E-state index in [1.54, 1.807) is 13.4 Å². The number of morpholine rings is 1. The van der Waals surface area contributed by atoms with E-state index in [0.29, 0.717) is 11.8 Å². The van der Waals surface area contributed by atoms with Crippen molar-refractivity contribution in [1.29, 1.82) is 0 Å². The van der Waals surface area contributed by atoms with Crippen LogP contribution in [-0.2, 0) is 17.4 Å². The van der Waals surface area contributed by atoms with Crippen LogP contribution in [0, 0.1) is 5.92 Å². The summed E-state index contributed by atoms with van der Waals surface area (Å²) in [5, 5.41) is 14.6. The molecule has 3 aromatic rings. The summed E-state index contributed by atoms with van der Waals surface area (Å²) in [6, 6.07) is 6.16. The first-order chi connectivity index (χ1) is 18.0. The average Bonchev–Trinajstić information content (AvgIpc) is 3.56. The lowest BCUT2D eigenvalue weighted by atomic mass is 9.76. The molecule has 1 atom stereocenters. The molecule has 37 heavy (non-hydrogen) atoms. The summed E-state index contributed by atoms with van der Waals surface area (Å²) in [7, 11) is 3.63. The number of rotatable bonds is 5. The van der Waals surface area contributed by atoms with Gasteiger partial charge in [-0.05, 0) is 25.0 Å². The molecule has 1 aromatic carbocycles. The lowest BCUT2D eigenvalue weighted by Crippen LogP contribution is -2.48. The number of anilines is 3. The Labute approximate surface area is 216 Å². The molecule has 4 heterocycles. The molecule has 6 rings (SSSR count). The molecule has 11 heteroatoms. The number of ether oxygens (including phenoxy) is 2. The van der Waals surface area contributed by atoms with Crippen molar-refractivity contribution in [3.63, 3.8) is 0 Å². The molecule has 1 unspecified atom stereocenters. The highest BCUT2D eigenvalue weighted by Crippen LogP contribution is 2.46. The summed E-state index contributed by atoms with van der Waals surface area (Å²) in [5.41, 5.74) is 10.7. The topological polar surface area (TPSA) is 131 Å². The number of methoxy groups -OCH3 is 1. The van der Waals surface area contributed by atoms with Gasteiger partial charge in [-0.15, -0.1) is 0 Å². The third-order valence-electron chi connectivity index (χ3n) is 7.70. The Morgan fingerprint density at radius 1 is 1.19 bits per heavy atom. The molecule has 3 aliphatic rings. The summed E-state index contributed by atoms with van der Waals surface area (Å²) in [6.45, 7) is 3.19. The predicted molar refractivity (Wildman–Crippen MR) is 144 cm³/mol. The highest BCUT2D eigenvalue weighted by atomic mass is 16.5. The van der Waals surface area contributed by atoms with Crippen molar-refractivity contribution in [3.8, 4) is 17.1 Å². The summed E-state index contributed by atoms with van der Waals surface area (Å²) >= 11 is 0. The van der Waals surface area contributed by atoms with Crippen LogP contribution in [0.25, 0.3) is 11.4 Å². The third kappa shape index (κ3) is 4.42. The fourth-order valence-corrected chi connectivity index (χ4v) is 5.76. The molecule has 1 aliphatic carbocycles. The fourth-order valence-electron chi connectivity index (χ4n) is 5.76. The van der Waals surface area contributed by atoms with Gasteiger partial charge in [0, 0.05) is 44.0 Å². The van der Waals surface area contributed by atoms with Gasteiger partial charge in [0.25, 0.3) is 0 Å². The number of nitrogens with zero attached hydrogens (tertiary/aromatic N) is 5. The maximum Gasteiger partial charge on any atom is 0.203 e. The standard InChI is InChI=1S/C26H35N9O2/c1-34-15-20(28-16-34)23-22-24(33-32-23)30-25(31-26(22,27)17-6-4-3-5-7-17)29-19-9-8-18(14-21(19)36-2)35-10-12-37-13-11-35/h8-9,14-17H,3-7,10-13,27H2,1-2H3,(H3,29,30,31,32,33).